The van der Waals surface area contributed by atoms with Crippen LogP contribution in [-0.4, -0.2) is 17.6 Å². The lowest BCUT2D eigenvalue weighted by Crippen LogP contribution is -2.48. The SMILES string of the molecule is O=C(NC[C@](O)(c1ccoc1)c1cccs1)C1(c2ccc(Cl)cc2)CCCC1. The van der Waals surface area contributed by atoms with Gasteiger partial charge in [0.2, 0.25) is 5.91 Å². The molecule has 0 saturated heterocycles. The predicted molar refractivity (Wildman–Crippen MR) is 111 cm³/mol. The van der Waals surface area contributed by atoms with Crippen LogP contribution in [-0.2, 0) is 15.8 Å². The number of furan rings is 1. The summed E-state index contributed by atoms with van der Waals surface area (Å²) in [5, 5.41) is 17.0. The van der Waals surface area contributed by atoms with Crippen molar-refractivity contribution in [3.63, 3.8) is 0 Å². The van der Waals surface area contributed by atoms with Crippen LogP contribution in [0.25, 0.3) is 0 Å². The Kier molecular flexibility index (Phi) is 5.32. The third kappa shape index (κ3) is 3.39. The van der Waals surface area contributed by atoms with Crippen LogP contribution in [0.1, 0.15) is 41.7 Å². The monoisotopic (exact) mass is 415 g/mol. The summed E-state index contributed by atoms with van der Waals surface area (Å²) < 4.78 is 5.19. The third-order valence-corrected chi connectivity index (χ3v) is 6.99. The van der Waals surface area contributed by atoms with Gasteiger partial charge in [0.25, 0.3) is 0 Å². The highest BCUT2D eigenvalue weighted by Crippen LogP contribution is 2.42. The maximum atomic E-state index is 13.4. The minimum absolute atomic E-state index is 0.0502. The Morgan fingerprint density at radius 3 is 2.57 bits per heavy atom. The lowest BCUT2D eigenvalue weighted by molar-refractivity contribution is -0.127. The normalized spacial score (nSPS) is 17.9. The minimum atomic E-state index is -1.32. The molecule has 2 aromatic heterocycles. The quantitative estimate of drug-likeness (QED) is 0.604. The number of carbonyl (C=O) groups is 1. The van der Waals surface area contributed by atoms with Gasteiger partial charge in [-0.3, -0.25) is 4.79 Å². The van der Waals surface area contributed by atoms with Gasteiger partial charge < -0.3 is 14.8 Å². The summed E-state index contributed by atoms with van der Waals surface area (Å²) in [6.45, 7) is 0.0845. The van der Waals surface area contributed by atoms with Crippen molar-refractivity contribution in [1.82, 2.24) is 5.32 Å². The van der Waals surface area contributed by atoms with Gasteiger partial charge in [0.05, 0.1) is 24.5 Å². The van der Waals surface area contributed by atoms with Crippen molar-refractivity contribution in [1.29, 1.82) is 0 Å². The number of halogens is 1. The third-order valence-electron chi connectivity index (χ3n) is 5.72. The molecule has 1 aliphatic rings. The number of aliphatic hydroxyl groups is 1. The Morgan fingerprint density at radius 2 is 1.96 bits per heavy atom. The molecule has 3 aromatic rings. The molecule has 0 spiro atoms. The van der Waals surface area contributed by atoms with Crippen LogP contribution in [0.4, 0.5) is 0 Å². The number of thiophene rings is 1. The molecule has 1 amide bonds. The summed E-state index contributed by atoms with van der Waals surface area (Å²) in [5.41, 5.74) is -0.286. The first-order chi connectivity index (χ1) is 13.5. The van der Waals surface area contributed by atoms with E-state index in [4.69, 9.17) is 16.0 Å². The first-order valence-corrected chi connectivity index (χ1v) is 10.6. The number of benzene rings is 1. The molecule has 0 radical (unpaired) electrons. The minimum Gasteiger partial charge on any atom is -0.472 e. The van der Waals surface area contributed by atoms with Gasteiger partial charge in [-0.2, -0.15) is 0 Å². The second-order valence-electron chi connectivity index (χ2n) is 7.33. The molecule has 28 heavy (non-hydrogen) atoms. The van der Waals surface area contributed by atoms with Crippen LogP contribution in [0.5, 0.6) is 0 Å². The van der Waals surface area contributed by atoms with Crippen LogP contribution in [0.15, 0.2) is 64.8 Å². The maximum Gasteiger partial charge on any atom is 0.230 e. The van der Waals surface area contributed by atoms with E-state index in [1.165, 1.54) is 23.9 Å². The standard InChI is InChI=1S/C22H22ClNO3S/c23-18-7-5-16(6-8-18)21(10-1-2-11-21)20(25)24-15-22(26,17-9-12-27-14-17)19-4-3-13-28-19/h3-9,12-14,26H,1-2,10-11,15H2,(H,24,25)/t22-/m0/s1. The van der Waals surface area contributed by atoms with E-state index in [0.717, 1.165) is 36.1 Å². The zero-order chi connectivity index (χ0) is 19.6. The van der Waals surface area contributed by atoms with Gasteiger partial charge in [-0.05, 0) is 48.1 Å². The molecule has 0 bridgehead atoms. The van der Waals surface area contributed by atoms with Crippen LogP contribution in [0, 0.1) is 0 Å². The van der Waals surface area contributed by atoms with Crippen molar-refractivity contribution in [3.05, 3.63) is 81.4 Å². The number of carbonyl (C=O) groups excluding carboxylic acids is 1. The van der Waals surface area contributed by atoms with E-state index < -0.39 is 11.0 Å². The van der Waals surface area contributed by atoms with E-state index in [1.54, 1.807) is 6.07 Å². The summed E-state index contributed by atoms with van der Waals surface area (Å²) in [6.07, 6.45) is 6.66. The molecule has 146 valence electrons. The molecule has 4 nitrogen and oxygen atoms in total. The van der Waals surface area contributed by atoms with E-state index in [2.05, 4.69) is 5.32 Å². The van der Waals surface area contributed by atoms with Crippen molar-refractivity contribution < 1.29 is 14.3 Å². The molecule has 2 heterocycles. The second-order valence-corrected chi connectivity index (χ2v) is 8.71. The highest BCUT2D eigenvalue weighted by atomic mass is 35.5. The molecule has 0 unspecified atom stereocenters. The first-order valence-electron chi connectivity index (χ1n) is 9.38. The van der Waals surface area contributed by atoms with Gasteiger partial charge in [-0.1, -0.05) is 42.6 Å². The molecule has 4 rings (SSSR count). The first kappa shape index (κ1) is 19.2. The summed E-state index contributed by atoms with van der Waals surface area (Å²) >= 11 is 7.49. The average Bonchev–Trinajstić information content (AvgIpc) is 3.48. The van der Waals surface area contributed by atoms with Crippen molar-refractivity contribution in [2.24, 2.45) is 0 Å². The molecule has 0 aliphatic heterocycles. The Bertz CT molecular complexity index is 879. The fraction of sp³-hybridized carbons (Fsp3) is 0.318. The molecule has 1 fully saturated rings. The van der Waals surface area contributed by atoms with E-state index in [1.807, 2.05) is 41.8 Å². The Labute approximate surface area is 173 Å². The van der Waals surface area contributed by atoms with E-state index >= 15 is 0 Å². The molecule has 1 atom stereocenters. The second kappa shape index (κ2) is 7.74. The zero-order valence-electron chi connectivity index (χ0n) is 15.4. The van der Waals surface area contributed by atoms with Crippen molar-refractivity contribution >= 4 is 28.8 Å². The predicted octanol–water partition coefficient (Wildman–Crippen LogP) is 4.86. The van der Waals surface area contributed by atoms with Crippen molar-refractivity contribution in [3.8, 4) is 0 Å². The van der Waals surface area contributed by atoms with Crippen LogP contribution in [0.2, 0.25) is 5.02 Å². The number of hydrogen-bond acceptors (Lipinski definition) is 4. The van der Waals surface area contributed by atoms with Crippen molar-refractivity contribution in [2.75, 3.05) is 6.54 Å². The van der Waals surface area contributed by atoms with Crippen LogP contribution in [0.3, 0.4) is 0 Å². The summed E-state index contributed by atoms with van der Waals surface area (Å²) in [7, 11) is 0. The van der Waals surface area contributed by atoms with E-state index in [-0.39, 0.29) is 12.5 Å². The number of amides is 1. The van der Waals surface area contributed by atoms with Gasteiger partial charge in [0.15, 0.2) is 0 Å². The van der Waals surface area contributed by atoms with Gasteiger partial charge in [0, 0.05) is 15.5 Å². The van der Waals surface area contributed by atoms with Gasteiger partial charge in [-0.25, -0.2) is 0 Å². The molecular weight excluding hydrogens is 394 g/mol. The number of rotatable bonds is 6. The maximum absolute atomic E-state index is 13.4. The van der Waals surface area contributed by atoms with Gasteiger partial charge in [0.1, 0.15) is 5.60 Å². The van der Waals surface area contributed by atoms with Crippen LogP contribution >= 0.6 is 22.9 Å². The number of nitrogens with one attached hydrogen (secondary N) is 1. The van der Waals surface area contributed by atoms with Gasteiger partial charge in [-0.15, -0.1) is 11.3 Å². The zero-order valence-corrected chi connectivity index (χ0v) is 16.9. The van der Waals surface area contributed by atoms with Crippen LogP contribution < -0.4 is 5.32 Å². The van der Waals surface area contributed by atoms with Crippen molar-refractivity contribution in [2.45, 2.75) is 36.7 Å². The molecule has 2 N–H and O–H groups in total. The molecule has 1 aromatic carbocycles. The largest absolute Gasteiger partial charge is 0.472 e. The highest BCUT2D eigenvalue weighted by Gasteiger charge is 2.44. The van der Waals surface area contributed by atoms with Gasteiger partial charge >= 0.3 is 0 Å². The highest BCUT2D eigenvalue weighted by molar-refractivity contribution is 7.10. The Balaban J connectivity index is 1.60. The summed E-state index contributed by atoms with van der Waals surface area (Å²) in [4.78, 5) is 14.1. The molecular formula is C22H22ClNO3S. The lowest BCUT2D eigenvalue weighted by atomic mass is 9.77. The smallest absolute Gasteiger partial charge is 0.230 e. The average molecular weight is 416 g/mol. The Hall–Kier alpha value is -2.08. The fourth-order valence-corrected chi connectivity index (χ4v) is 5.09. The number of hydrogen-bond donors (Lipinski definition) is 2. The molecule has 1 saturated carbocycles. The summed E-state index contributed by atoms with van der Waals surface area (Å²) in [5.74, 6) is -0.0502. The van der Waals surface area contributed by atoms with E-state index in [9.17, 15) is 9.90 Å². The molecule has 6 heteroatoms. The Morgan fingerprint density at radius 1 is 1.21 bits per heavy atom. The van der Waals surface area contributed by atoms with E-state index in [0.29, 0.717) is 10.6 Å². The fourth-order valence-electron chi connectivity index (χ4n) is 4.12. The summed E-state index contributed by atoms with van der Waals surface area (Å²) in [6, 6.07) is 13.0. The molecule has 1 aliphatic carbocycles. The topological polar surface area (TPSA) is 62.5 Å². The lowest BCUT2D eigenvalue weighted by Gasteiger charge is -2.32.